The van der Waals surface area contributed by atoms with Crippen molar-refractivity contribution in [1.29, 1.82) is 0 Å². The Labute approximate surface area is 189 Å². The largest absolute Gasteiger partial charge is 0.494 e. The first-order chi connectivity index (χ1) is 15.2. The van der Waals surface area contributed by atoms with E-state index in [1.54, 1.807) is 26.0 Å². The highest BCUT2D eigenvalue weighted by Gasteiger charge is 2.06. The maximum absolute atomic E-state index is 5.90. The Balaban J connectivity index is 1.35. The molecule has 0 aliphatic heterocycles. The van der Waals surface area contributed by atoms with Gasteiger partial charge in [-0.15, -0.1) is 0 Å². The van der Waals surface area contributed by atoms with Crippen LogP contribution in [0.1, 0.15) is 12.0 Å². The van der Waals surface area contributed by atoms with Crippen LogP contribution in [0.5, 0.6) is 17.2 Å². The van der Waals surface area contributed by atoms with Crippen LogP contribution in [0.4, 0.5) is 0 Å². The molecule has 1 heterocycles. The van der Waals surface area contributed by atoms with Crippen LogP contribution in [-0.4, -0.2) is 50.8 Å². The maximum atomic E-state index is 5.90. The Kier molecular flexibility index (Phi) is 9.06. The molecule has 0 N–H and O–H groups in total. The van der Waals surface area contributed by atoms with Gasteiger partial charge in [-0.1, -0.05) is 17.8 Å². The van der Waals surface area contributed by atoms with Crippen molar-refractivity contribution in [3.8, 4) is 17.2 Å². The van der Waals surface area contributed by atoms with Crippen molar-refractivity contribution in [2.45, 2.75) is 22.6 Å². The summed E-state index contributed by atoms with van der Waals surface area (Å²) in [7, 11) is 5.47. The Bertz CT molecular complexity index is 920. The monoisotopic (exact) mass is 438 g/mol. The molecule has 0 fully saturated rings. The molecule has 0 spiro atoms. The molecular formula is C25H30N2O3S. The summed E-state index contributed by atoms with van der Waals surface area (Å²) in [4.78, 5) is 8.75. The topological polar surface area (TPSA) is 43.8 Å². The highest BCUT2D eigenvalue weighted by atomic mass is 32.2. The van der Waals surface area contributed by atoms with Gasteiger partial charge < -0.3 is 19.1 Å². The molecule has 31 heavy (non-hydrogen) atoms. The number of rotatable bonds is 12. The molecule has 0 amide bonds. The molecule has 5 nitrogen and oxygen atoms in total. The average Bonchev–Trinajstić information content (AvgIpc) is 2.82. The summed E-state index contributed by atoms with van der Waals surface area (Å²) in [5, 5.41) is 0. The second-order valence-electron chi connectivity index (χ2n) is 7.20. The Morgan fingerprint density at radius 1 is 0.839 bits per heavy atom. The van der Waals surface area contributed by atoms with E-state index in [1.165, 1.54) is 15.4 Å². The minimum absolute atomic E-state index is 0.706. The molecule has 0 aliphatic rings. The van der Waals surface area contributed by atoms with E-state index < -0.39 is 0 Å². The van der Waals surface area contributed by atoms with Crippen molar-refractivity contribution in [2.75, 3.05) is 41.0 Å². The lowest BCUT2D eigenvalue weighted by atomic mass is 10.1. The van der Waals surface area contributed by atoms with Gasteiger partial charge in [0.05, 0.1) is 20.8 Å². The number of benzene rings is 2. The standard InChI is InChI=1S/C25H30N2O3S/c1-27(17-13-20-5-10-24(28-2)25(19-20)29-3)16-4-18-30-21-6-8-22(9-7-21)31-23-11-14-26-15-12-23/h5-12,14-15,19H,4,13,16-18H2,1-3H3. The summed E-state index contributed by atoms with van der Waals surface area (Å²) >= 11 is 1.72. The summed E-state index contributed by atoms with van der Waals surface area (Å²) in [6.07, 6.45) is 5.57. The van der Waals surface area contributed by atoms with Gasteiger partial charge in [-0.2, -0.15) is 0 Å². The lowest BCUT2D eigenvalue weighted by Gasteiger charge is -2.17. The first-order valence-corrected chi connectivity index (χ1v) is 11.2. The van der Waals surface area contributed by atoms with Crippen molar-refractivity contribution in [1.82, 2.24) is 9.88 Å². The number of hydrogen-bond acceptors (Lipinski definition) is 6. The number of nitrogens with zero attached hydrogens (tertiary/aromatic N) is 2. The molecule has 0 aliphatic carbocycles. The van der Waals surface area contributed by atoms with E-state index in [9.17, 15) is 0 Å². The molecule has 3 rings (SSSR count). The molecular weight excluding hydrogens is 408 g/mol. The van der Waals surface area contributed by atoms with Gasteiger partial charge in [0.25, 0.3) is 0 Å². The zero-order valence-corrected chi connectivity index (χ0v) is 19.2. The van der Waals surface area contributed by atoms with Crippen molar-refractivity contribution < 1.29 is 14.2 Å². The molecule has 1 aromatic heterocycles. The van der Waals surface area contributed by atoms with Crippen LogP contribution < -0.4 is 14.2 Å². The molecule has 0 atom stereocenters. The minimum Gasteiger partial charge on any atom is -0.494 e. The molecule has 0 saturated carbocycles. The Hall–Kier alpha value is -2.70. The second kappa shape index (κ2) is 12.2. The van der Waals surface area contributed by atoms with Crippen molar-refractivity contribution >= 4 is 11.8 Å². The molecule has 164 valence electrons. The summed E-state index contributed by atoms with van der Waals surface area (Å²) < 4.78 is 16.6. The number of ether oxygens (including phenoxy) is 3. The van der Waals surface area contributed by atoms with E-state index in [2.05, 4.69) is 35.1 Å². The number of aromatic nitrogens is 1. The second-order valence-corrected chi connectivity index (χ2v) is 8.35. The fourth-order valence-electron chi connectivity index (χ4n) is 3.14. The van der Waals surface area contributed by atoms with Crippen LogP contribution in [0.15, 0.2) is 76.8 Å². The summed E-state index contributed by atoms with van der Waals surface area (Å²) in [5.41, 5.74) is 1.24. The van der Waals surface area contributed by atoms with Crippen LogP contribution in [0, 0.1) is 0 Å². The van der Waals surface area contributed by atoms with Crippen LogP contribution in [0.3, 0.4) is 0 Å². The predicted octanol–water partition coefficient (Wildman–Crippen LogP) is 5.19. The minimum atomic E-state index is 0.706. The third kappa shape index (κ3) is 7.49. The fourth-order valence-corrected chi connectivity index (χ4v) is 3.94. The van der Waals surface area contributed by atoms with E-state index in [0.717, 1.165) is 43.2 Å². The molecule has 3 aromatic rings. The number of hydrogen-bond donors (Lipinski definition) is 0. The van der Waals surface area contributed by atoms with Gasteiger partial charge >= 0.3 is 0 Å². The van der Waals surface area contributed by atoms with Gasteiger partial charge in [0, 0.05) is 35.3 Å². The predicted molar refractivity (Wildman–Crippen MR) is 126 cm³/mol. The molecule has 0 radical (unpaired) electrons. The Morgan fingerprint density at radius 2 is 1.55 bits per heavy atom. The van der Waals surface area contributed by atoms with Crippen LogP contribution >= 0.6 is 11.8 Å². The number of pyridine rings is 1. The molecule has 0 unspecified atom stereocenters. The van der Waals surface area contributed by atoms with E-state index in [0.29, 0.717) is 6.61 Å². The van der Waals surface area contributed by atoms with Gasteiger partial charge in [-0.3, -0.25) is 4.98 Å². The molecule has 0 saturated heterocycles. The molecule has 0 bridgehead atoms. The van der Waals surface area contributed by atoms with Gasteiger partial charge in [0.2, 0.25) is 0 Å². The van der Waals surface area contributed by atoms with Gasteiger partial charge in [-0.25, -0.2) is 0 Å². The lowest BCUT2D eigenvalue weighted by Crippen LogP contribution is -2.23. The smallest absolute Gasteiger partial charge is 0.160 e. The molecule has 6 heteroatoms. The molecule has 2 aromatic carbocycles. The van der Waals surface area contributed by atoms with Crippen LogP contribution in [0.25, 0.3) is 0 Å². The number of likely N-dealkylation sites (N-methyl/N-ethyl adjacent to an activating group) is 1. The maximum Gasteiger partial charge on any atom is 0.160 e. The van der Waals surface area contributed by atoms with Gasteiger partial charge in [0.1, 0.15) is 5.75 Å². The number of methoxy groups -OCH3 is 2. The quantitative estimate of drug-likeness (QED) is 0.363. The zero-order valence-electron chi connectivity index (χ0n) is 18.4. The van der Waals surface area contributed by atoms with E-state index in [-0.39, 0.29) is 0 Å². The summed E-state index contributed by atoms with van der Waals surface area (Å²) in [6.45, 7) is 2.68. The average molecular weight is 439 g/mol. The van der Waals surface area contributed by atoms with Gasteiger partial charge in [-0.05, 0) is 74.0 Å². The van der Waals surface area contributed by atoms with E-state index >= 15 is 0 Å². The highest BCUT2D eigenvalue weighted by Crippen LogP contribution is 2.29. The first kappa shape index (κ1) is 23.0. The summed E-state index contributed by atoms with van der Waals surface area (Å²) in [5.74, 6) is 2.45. The third-order valence-corrected chi connectivity index (χ3v) is 5.91. The first-order valence-electron chi connectivity index (χ1n) is 10.4. The van der Waals surface area contributed by atoms with Gasteiger partial charge in [0.15, 0.2) is 11.5 Å². The fraction of sp³-hybridized carbons (Fsp3) is 0.320. The summed E-state index contributed by atoms with van der Waals surface area (Å²) in [6, 6.07) is 18.4. The normalized spacial score (nSPS) is 10.8. The van der Waals surface area contributed by atoms with Crippen LogP contribution in [0.2, 0.25) is 0 Å². The Morgan fingerprint density at radius 3 is 2.26 bits per heavy atom. The zero-order chi connectivity index (χ0) is 21.9. The van der Waals surface area contributed by atoms with Crippen molar-refractivity contribution in [3.63, 3.8) is 0 Å². The van der Waals surface area contributed by atoms with E-state index in [4.69, 9.17) is 14.2 Å². The van der Waals surface area contributed by atoms with Crippen molar-refractivity contribution in [2.24, 2.45) is 0 Å². The van der Waals surface area contributed by atoms with Crippen LogP contribution in [-0.2, 0) is 6.42 Å². The lowest BCUT2D eigenvalue weighted by molar-refractivity contribution is 0.264. The van der Waals surface area contributed by atoms with Crippen molar-refractivity contribution in [3.05, 3.63) is 72.6 Å². The highest BCUT2D eigenvalue weighted by molar-refractivity contribution is 7.99. The SMILES string of the molecule is COc1ccc(CCN(C)CCCOc2ccc(Sc3ccncc3)cc2)cc1OC. The third-order valence-electron chi connectivity index (χ3n) is 4.89. The van der Waals surface area contributed by atoms with E-state index in [1.807, 2.05) is 48.8 Å².